The molecule has 0 bridgehead atoms. The fourth-order valence-electron chi connectivity index (χ4n) is 0.676. The van der Waals surface area contributed by atoms with E-state index < -0.39 is 15.0 Å². The lowest BCUT2D eigenvalue weighted by Gasteiger charge is -1.99. The van der Waals surface area contributed by atoms with E-state index in [1.54, 1.807) is 0 Å². The van der Waals surface area contributed by atoms with E-state index in [1.165, 1.54) is 0 Å². The van der Waals surface area contributed by atoms with Crippen LogP contribution in [0.25, 0.3) is 0 Å². The summed E-state index contributed by atoms with van der Waals surface area (Å²) in [5.74, 6) is -0.331. The normalized spacial score (nSPS) is 11.4. The molecule has 0 heterocycles. The second-order valence-corrected chi connectivity index (χ2v) is 3.58. The van der Waals surface area contributed by atoms with E-state index in [2.05, 4.69) is 0 Å². The first-order chi connectivity index (χ1) is 5.41. The molecular weight excluding hydrogens is 182 g/mol. The Morgan fingerprint density at radius 3 is 2.33 bits per heavy atom. The van der Waals surface area contributed by atoms with Gasteiger partial charge in [-0.15, -0.1) is 0 Å². The Morgan fingerprint density at radius 1 is 1.33 bits per heavy atom. The average molecular weight is 188 g/mol. The molecule has 12 heavy (non-hydrogen) atoms. The van der Waals surface area contributed by atoms with Crippen LogP contribution in [0.1, 0.15) is 0 Å². The molecule has 0 fully saturated rings. The average Bonchev–Trinajstić information content (AvgIpc) is 1.92. The third-order valence-corrected chi connectivity index (χ3v) is 2.12. The highest BCUT2D eigenvalue weighted by molar-refractivity contribution is 7.85. The molecule has 0 atom stereocenters. The zero-order valence-electron chi connectivity index (χ0n) is 5.85. The van der Waals surface area contributed by atoms with Gasteiger partial charge in [-0.1, -0.05) is 0 Å². The fraction of sp³-hybridized carbons (Fsp3) is 0. The van der Waals surface area contributed by atoms with Gasteiger partial charge in [0, 0.05) is 0 Å². The van der Waals surface area contributed by atoms with E-state index in [0.29, 0.717) is 0 Å². The first-order valence-electron chi connectivity index (χ1n) is 2.93. The minimum Gasteiger partial charge on any atom is -0.506 e. The van der Waals surface area contributed by atoms with Crippen molar-refractivity contribution < 1.29 is 18.1 Å². The van der Waals surface area contributed by atoms with Crippen LogP contribution in [-0.2, 0) is 10.1 Å². The van der Waals surface area contributed by atoms with Gasteiger partial charge in [-0.05, 0) is 18.2 Å². The molecule has 65 valence electrons. The van der Waals surface area contributed by atoms with Crippen LogP contribution in [-0.4, -0.2) is 18.1 Å². The van der Waals surface area contributed by atoms with Gasteiger partial charge in [0.2, 0.25) is 0 Å². The monoisotopic (exact) mass is 188 g/mol. The molecule has 1 rings (SSSR count). The molecule has 0 saturated carbocycles. The lowest BCUT2D eigenvalue weighted by Crippen LogP contribution is -1.97. The van der Waals surface area contributed by atoms with Gasteiger partial charge in [-0.3, -0.25) is 10.3 Å². The van der Waals surface area contributed by atoms with E-state index in [0.717, 1.165) is 18.2 Å². The van der Waals surface area contributed by atoms with E-state index >= 15 is 0 Å². The smallest absolute Gasteiger partial charge is 0.294 e. The van der Waals surface area contributed by atoms with Gasteiger partial charge in [0.25, 0.3) is 10.1 Å². The topological polar surface area (TPSA) is 98.4 Å². The van der Waals surface area contributed by atoms with Crippen molar-refractivity contribution in [3.05, 3.63) is 18.2 Å². The molecule has 0 aliphatic rings. The first-order valence-corrected chi connectivity index (χ1v) is 4.37. The summed E-state index contributed by atoms with van der Waals surface area (Å²) < 4.78 is 29.5. The number of benzene rings is 1. The predicted octanol–water partition coefficient (Wildman–Crippen LogP) is 0.553. The maximum atomic E-state index is 10.5. The fourth-order valence-corrected chi connectivity index (χ4v) is 1.18. The molecule has 5 nitrogen and oxygen atoms in total. The second-order valence-electron chi connectivity index (χ2n) is 2.15. The van der Waals surface area contributed by atoms with Gasteiger partial charge in [-0.25, -0.2) is 0 Å². The molecule has 3 N–H and O–H groups in total. The number of nitrogens with one attached hydrogen (secondary N) is 1. The van der Waals surface area contributed by atoms with Crippen molar-refractivity contribution in [2.24, 2.45) is 0 Å². The number of hydrogen-bond acceptors (Lipinski definition) is 3. The molecule has 0 saturated heterocycles. The maximum absolute atomic E-state index is 10.5. The van der Waals surface area contributed by atoms with Gasteiger partial charge >= 0.3 is 0 Å². The summed E-state index contributed by atoms with van der Waals surface area (Å²) in [5, 5.41) is 8.85. The molecule has 1 aromatic carbocycles. The maximum Gasteiger partial charge on any atom is 0.294 e. The van der Waals surface area contributed by atoms with Crippen molar-refractivity contribution in [3.8, 4) is 5.75 Å². The Balaban J connectivity index is 3.33. The van der Waals surface area contributed by atoms with Crippen molar-refractivity contribution in [1.29, 1.82) is 0 Å². The lowest BCUT2D eigenvalue weighted by molar-refractivity contribution is 0.473. The summed E-state index contributed by atoms with van der Waals surface area (Å²) in [5.41, 5.74) is 6.67. The Labute approximate surface area is 69.2 Å². The summed E-state index contributed by atoms with van der Waals surface area (Å²) in [7, 11) is -4.27. The molecule has 0 unspecified atom stereocenters. The van der Waals surface area contributed by atoms with Crippen molar-refractivity contribution in [2.75, 3.05) is 0 Å². The van der Waals surface area contributed by atoms with Gasteiger partial charge in [0.15, 0.2) is 0 Å². The highest BCUT2D eigenvalue weighted by Crippen LogP contribution is 2.23. The summed E-state index contributed by atoms with van der Waals surface area (Å²) >= 11 is 0. The van der Waals surface area contributed by atoms with Crippen LogP contribution in [0, 0.1) is 0 Å². The second kappa shape index (κ2) is 2.65. The molecule has 6 heteroatoms. The van der Waals surface area contributed by atoms with E-state index in [4.69, 9.17) is 15.4 Å². The number of phenols is 1. The molecule has 0 aliphatic heterocycles. The number of aromatic hydroxyl groups is 1. The molecule has 0 aliphatic carbocycles. The minimum atomic E-state index is -4.27. The highest BCUT2D eigenvalue weighted by Gasteiger charge is 2.10. The zero-order valence-corrected chi connectivity index (χ0v) is 6.67. The van der Waals surface area contributed by atoms with Gasteiger partial charge in [0.05, 0.1) is 10.6 Å². The quantitative estimate of drug-likeness (QED) is 0.496. The van der Waals surface area contributed by atoms with Crippen molar-refractivity contribution >= 4 is 15.8 Å². The molecule has 1 aromatic rings. The summed E-state index contributed by atoms with van der Waals surface area (Å²) in [4.78, 5) is -0.398. The number of rotatable bonds is 1. The number of hydrogen-bond donors (Lipinski definition) is 2. The van der Waals surface area contributed by atoms with Crippen LogP contribution in [0.15, 0.2) is 23.1 Å². The Bertz CT molecular complexity index is 398. The van der Waals surface area contributed by atoms with Crippen LogP contribution >= 0.6 is 0 Å². The van der Waals surface area contributed by atoms with Gasteiger partial charge < -0.3 is 5.11 Å². The zero-order chi connectivity index (χ0) is 9.35. The van der Waals surface area contributed by atoms with E-state index in [1.807, 2.05) is 0 Å². The molecule has 0 amide bonds. The molecular formula is C6H6NO4S. The SMILES string of the molecule is [NH]c1cc(S(=O)(=O)O)ccc1O. The van der Waals surface area contributed by atoms with Crippen LogP contribution in [0.3, 0.4) is 0 Å². The van der Waals surface area contributed by atoms with Crippen molar-refractivity contribution in [1.82, 2.24) is 5.73 Å². The van der Waals surface area contributed by atoms with Gasteiger partial charge in [-0.2, -0.15) is 8.42 Å². The van der Waals surface area contributed by atoms with Crippen LogP contribution < -0.4 is 5.73 Å². The Kier molecular flexibility index (Phi) is 1.95. The summed E-state index contributed by atoms with van der Waals surface area (Å²) in [6, 6.07) is 2.92. The third-order valence-electron chi connectivity index (χ3n) is 1.27. The van der Waals surface area contributed by atoms with Crippen molar-refractivity contribution in [2.45, 2.75) is 4.90 Å². The third kappa shape index (κ3) is 1.66. The molecule has 1 radical (unpaired) electrons. The predicted molar refractivity (Wildman–Crippen MR) is 40.7 cm³/mol. The largest absolute Gasteiger partial charge is 0.506 e. The Morgan fingerprint density at radius 2 is 1.92 bits per heavy atom. The van der Waals surface area contributed by atoms with Crippen LogP contribution in [0.4, 0.5) is 5.69 Å². The summed E-state index contributed by atoms with van der Waals surface area (Å²) in [6.45, 7) is 0. The van der Waals surface area contributed by atoms with Crippen LogP contribution in [0.5, 0.6) is 5.75 Å². The van der Waals surface area contributed by atoms with E-state index in [9.17, 15) is 8.42 Å². The molecule has 0 aromatic heterocycles. The van der Waals surface area contributed by atoms with Gasteiger partial charge in [0.1, 0.15) is 5.75 Å². The Hall–Kier alpha value is -1.27. The number of phenolic OH excluding ortho intramolecular Hbond substituents is 1. The minimum absolute atomic E-state index is 0.331. The highest BCUT2D eigenvalue weighted by atomic mass is 32.2. The standard InChI is InChI=1S/C6H6NO4S/c7-5-3-4(12(9,10)11)1-2-6(5)8/h1-3,7-8H,(H,9,10,11). The summed E-state index contributed by atoms with van der Waals surface area (Å²) in [6.07, 6.45) is 0. The lowest BCUT2D eigenvalue weighted by atomic mass is 10.3. The molecule has 0 spiro atoms. The van der Waals surface area contributed by atoms with Crippen LogP contribution in [0.2, 0.25) is 0 Å². The first kappa shape index (κ1) is 8.82. The van der Waals surface area contributed by atoms with Crippen molar-refractivity contribution in [3.63, 3.8) is 0 Å². The van der Waals surface area contributed by atoms with E-state index in [-0.39, 0.29) is 11.4 Å².